The fourth-order valence-electron chi connectivity index (χ4n) is 2.20. The van der Waals surface area contributed by atoms with Crippen LogP contribution in [0, 0.1) is 0 Å². The Bertz CT molecular complexity index is 529. The second kappa shape index (κ2) is 6.66. The van der Waals surface area contributed by atoms with Crippen molar-refractivity contribution < 1.29 is 13.2 Å². The molecule has 7 nitrogen and oxygen atoms in total. The van der Waals surface area contributed by atoms with E-state index in [1.54, 1.807) is 0 Å². The molecule has 0 unspecified atom stereocenters. The number of hydrogen-bond acceptors (Lipinski definition) is 5. The first-order chi connectivity index (χ1) is 9.53. The molecule has 0 spiro atoms. The van der Waals surface area contributed by atoms with E-state index in [-0.39, 0.29) is 17.7 Å². The van der Waals surface area contributed by atoms with Gasteiger partial charge in [0.15, 0.2) is 5.03 Å². The van der Waals surface area contributed by atoms with Crippen molar-refractivity contribution >= 4 is 10.0 Å². The van der Waals surface area contributed by atoms with Gasteiger partial charge in [0.25, 0.3) is 10.0 Å². The Kier molecular flexibility index (Phi) is 5.14. The van der Waals surface area contributed by atoms with Gasteiger partial charge in [0.2, 0.25) is 0 Å². The minimum absolute atomic E-state index is 0.105. The summed E-state index contributed by atoms with van der Waals surface area (Å²) in [5.74, 6) is 0. The Morgan fingerprint density at radius 1 is 1.55 bits per heavy atom. The largest absolute Gasteiger partial charge is 0.374 e. The fourth-order valence-corrected chi connectivity index (χ4v) is 3.40. The van der Waals surface area contributed by atoms with E-state index < -0.39 is 10.0 Å². The highest BCUT2D eigenvalue weighted by Gasteiger charge is 2.23. The lowest BCUT2D eigenvalue weighted by molar-refractivity contribution is -0.0156. The van der Waals surface area contributed by atoms with Crippen molar-refractivity contribution in [2.45, 2.75) is 31.0 Å². The summed E-state index contributed by atoms with van der Waals surface area (Å²) in [6.07, 6.45) is 2.24. The Morgan fingerprint density at radius 3 is 3.05 bits per heavy atom. The zero-order valence-corrected chi connectivity index (χ0v) is 12.8. The summed E-state index contributed by atoms with van der Waals surface area (Å²) in [6, 6.07) is 1.52. The molecule has 1 aliphatic rings. The summed E-state index contributed by atoms with van der Waals surface area (Å²) in [7, 11) is -1.53. The van der Waals surface area contributed by atoms with Gasteiger partial charge in [0, 0.05) is 26.2 Å². The van der Waals surface area contributed by atoms with E-state index in [0.29, 0.717) is 13.2 Å². The lowest BCUT2D eigenvalue weighted by atomic mass is 10.3. The molecular formula is C12H22N4O3S. The van der Waals surface area contributed by atoms with Crippen molar-refractivity contribution in [2.75, 3.05) is 33.3 Å². The van der Waals surface area contributed by atoms with Gasteiger partial charge in [0.05, 0.1) is 18.9 Å². The number of morpholine rings is 1. The number of aromatic nitrogens is 2. The molecule has 1 saturated heterocycles. The normalized spacial score (nSPS) is 21.2. The fraction of sp³-hybridized carbons (Fsp3) is 0.750. The van der Waals surface area contributed by atoms with Crippen LogP contribution in [0.3, 0.4) is 0 Å². The Morgan fingerprint density at radius 2 is 2.35 bits per heavy atom. The van der Waals surface area contributed by atoms with Crippen LogP contribution in [0.1, 0.15) is 13.3 Å². The number of nitrogens with zero attached hydrogens (tertiary/aromatic N) is 3. The van der Waals surface area contributed by atoms with Crippen molar-refractivity contribution in [3.63, 3.8) is 0 Å². The topological polar surface area (TPSA) is 76.5 Å². The standard InChI is InChI=1S/C12H22N4O3S/c1-3-6-16-12(4-5-13-16)20(17,18)14-9-11-10-15(2)7-8-19-11/h4-5,11,14H,3,6-10H2,1-2H3/t11-/m0/s1. The molecule has 0 saturated carbocycles. The minimum atomic E-state index is -3.53. The van der Waals surface area contributed by atoms with Crippen LogP contribution in [0.15, 0.2) is 17.3 Å². The van der Waals surface area contributed by atoms with Crippen molar-refractivity contribution in [3.05, 3.63) is 12.3 Å². The van der Waals surface area contributed by atoms with E-state index in [9.17, 15) is 8.42 Å². The quantitative estimate of drug-likeness (QED) is 0.794. The number of likely N-dealkylation sites (N-methyl/N-ethyl adjacent to an activating group) is 1. The third-order valence-electron chi connectivity index (χ3n) is 3.23. The van der Waals surface area contributed by atoms with Gasteiger partial charge in [-0.15, -0.1) is 0 Å². The Balaban J connectivity index is 1.98. The maximum absolute atomic E-state index is 12.3. The SMILES string of the molecule is CCCn1nccc1S(=O)(=O)NC[C@H]1CN(C)CCO1. The molecule has 2 rings (SSSR count). The van der Waals surface area contributed by atoms with E-state index in [4.69, 9.17) is 4.74 Å². The molecular weight excluding hydrogens is 280 g/mol. The molecule has 1 fully saturated rings. The summed E-state index contributed by atoms with van der Waals surface area (Å²) in [5, 5.41) is 4.25. The smallest absolute Gasteiger partial charge is 0.257 e. The molecule has 20 heavy (non-hydrogen) atoms. The van der Waals surface area contributed by atoms with Crippen LogP contribution in [0.2, 0.25) is 0 Å². The number of hydrogen-bond donors (Lipinski definition) is 1. The van der Waals surface area contributed by atoms with Crippen LogP contribution >= 0.6 is 0 Å². The molecule has 0 aromatic carbocycles. The van der Waals surface area contributed by atoms with Crippen molar-refractivity contribution in [3.8, 4) is 0 Å². The van der Waals surface area contributed by atoms with E-state index in [0.717, 1.165) is 19.5 Å². The van der Waals surface area contributed by atoms with Crippen molar-refractivity contribution in [1.82, 2.24) is 19.4 Å². The van der Waals surface area contributed by atoms with Crippen molar-refractivity contribution in [2.24, 2.45) is 0 Å². The summed E-state index contributed by atoms with van der Waals surface area (Å²) in [4.78, 5) is 2.13. The second-order valence-corrected chi connectivity index (χ2v) is 6.71. The van der Waals surface area contributed by atoms with Crippen LogP contribution in [0.5, 0.6) is 0 Å². The number of nitrogens with one attached hydrogen (secondary N) is 1. The lowest BCUT2D eigenvalue weighted by Crippen LogP contribution is -2.46. The van der Waals surface area contributed by atoms with Crippen LogP contribution < -0.4 is 4.72 Å². The van der Waals surface area contributed by atoms with Gasteiger partial charge >= 0.3 is 0 Å². The van der Waals surface area contributed by atoms with Crippen molar-refractivity contribution in [1.29, 1.82) is 0 Å². The zero-order valence-electron chi connectivity index (χ0n) is 11.9. The highest BCUT2D eigenvalue weighted by atomic mass is 32.2. The molecule has 1 aromatic rings. The zero-order chi connectivity index (χ0) is 14.6. The summed E-state index contributed by atoms with van der Waals surface area (Å²) >= 11 is 0. The number of sulfonamides is 1. The number of rotatable bonds is 6. The summed E-state index contributed by atoms with van der Waals surface area (Å²) in [6.45, 7) is 5.10. The van der Waals surface area contributed by atoms with E-state index >= 15 is 0 Å². The number of ether oxygens (including phenoxy) is 1. The molecule has 1 N–H and O–H groups in total. The van der Waals surface area contributed by atoms with E-state index in [2.05, 4.69) is 14.7 Å². The molecule has 2 heterocycles. The third-order valence-corrected chi connectivity index (χ3v) is 4.68. The highest BCUT2D eigenvalue weighted by Crippen LogP contribution is 2.09. The first-order valence-corrected chi connectivity index (χ1v) is 8.33. The molecule has 1 aliphatic heterocycles. The average molecular weight is 302 g/mol. The Labute approximate surface area is 120 Å². The predicted octanol–water partition coefficient (Wildman–Crippen LogP) is -0.0980. The first kappa shape index (κ1) is 15.4. The van der Waals surface area contributed by atoms with Gasteiger partial charge in [0.1, 0.15) is 0 Å². The van der Waals surface area contributed by atoms with Crippen LogP contribution in [0.4, 0.5) is 0 Å². The molecule has 114 valence electrons. The van der Waals surface area contributed by atoms with Crippen LogP contribution in [-0.4, -0.2) is 62.5 Å². The molecule has 0 amide bonds. The summed E-state index contributed by atoms with van der Waals surface area (Å²) in [5.41, 5.74) is 0. The molecule has 0 bridgehead atoms. The second-order valence-electron chi connectivity index (χ2n) is 5.00. The minimum Gasteiger partial charge on any atom is -0.374 e. The predicted molar refractivity (Wildman–Crippen MR) is 74.9 cm³/mol. The van der Waals surface area contributed by atoms with Gasteiger partial charge in [-0.05, 0) is 19.5 Å². The summed E-state index contributed by atoms with van der Waals surface area (Å²) < 4.78 is 34.2. The van der Waals surface area contributed by atoms with Gasteiger partial charge < -0.3 is 9.64 Å². The Hall–Kier alpha value is -0.960. The molecule has 0 radical (unpaired) electrons. The highest BCUT2D eigenvalue weighted by molar-refractivity contribution is 7.89. The maximum atomic E-state index is 12.3. The van der Waals surface area contributed by atoms with Gasteiger partial charge in [-0.25, -0.2) is 13.1 Å². The van der Waals surface area contributed by atoms with E-state index in [1.807, 2.05) is 14.0 Å². The lowest BCUT2D eigenvalue weighted by Gasteiger charge is -2.30. The molecule has 0 aliphatic carbocycles. The molecule has 1 atom stereocenters. The third kappa shape index (κ3) is 3.78. The van der Waals surface area contributed by atoms with E-state index in [1.165, 1.54) is 16.9 Å². The van der Waals surface area contributed by atoms with Crippen LogP contribution in [0.25, 0.3) is 0 Å². The van der Waals surface area contributed by atoms with Crippen LogP contribution in [-0.2, 0) is 21.3 Å². The first-order valence-electron chi connectivity index (χ1n) is 6.84. The molecule has 1 aromatic heterocycles. The van der Waals surface area contributed by atoms with Gasteiger partial charge in [-0.1, -0.05) is 6.92 Å². The average Bonchev–Trinajstić information content (AvgIpc) is 2.86. The number of aryl methyl sites for hydroxylation is 1. The monoisotopic (exact) mass is 302 g/mol. The molecule has 8 heteroatoms. The van der Waals surface area contributed by atoms with Gasteiger partial charge in [-0.3, -0.25) is 4.68 Å². The van der Waals surface area contributed by atoms with Gasteiger partial charge in [-0.2, -0.15) is 5.10 Å². The maximum Gasteiger partial charge on any atom is 0.257 e.